The Morgan fingerprint density at radius 2 is 1.65 bits per heavy atom. The first-order chi connectivity index (χ1) is 11.0. The lowest BCUT2D eigenvalue weighted by atomic mass is 9.95. The van der Waals surface area contributed by atoms with Crippen LogP contribution >= 0.6 is 7.60 Å². The summed E-state index contributed by atoms with van der Waals surface area (Å²) in [7, 11) is -3.99. The van der Waals surface area contributed by atoms with Crippen LogP contribution in [0.15, 0.2) is 30.3 Å². The lowest BCUT2D eigenvalue weighted by Crippen LogP contribution is -2.39. The number of esters is 1. The molecule has 1 aromatic carbocycles. The largest absolute Gasteiger partial charge is 0.465 e. The van der Waals surface area contributed by atoms with Crippen LogP contribution in [0.25, 0.3) is 0 Å². The van der Waals surface area contributed by atoms with E-state index in [0.717, 1.165) is 0 Å². The van der Waals surface area contributed by atoms with Gasteiger partial charge in [0.2, 0.25) is 5.16 Å². The first-order valence-corrected chi connectivity index (χ1v) is 9.12. The maximum Gasteiger partial charge on any atom is 0.352 e. The minimum absolute atomic E-state index is 0.0735. The van der Waals surface area contributed by atoms with Gasteiger partial charge in [0.15, 0.2) is 0 Å². The summed E-state index contributed by atoms with van der Waals surface area (Å²) < 4.78 is 29.3. The molecule has 0 aromatic heterocycles. The molecule has 23 heavy (non-hydrogen) atoms. The lowest BCUT2D eigenvalue weighted by Gasteiger charge is -2.35. The van der Waals surface area contributed by atoms with E-state index in [-0.39, 0.29) is 26.2 Å². The van der Waals surface area contributed by atoms with E-state index in [1.807, 2.05) is 0 Å². The van der Waals surface area contributed by atoms with Gasteiger partial charge < -0.3 is 18.6 Å². The minimum atomic E-state index is -3.99. The Balaban J connectivity index is 3.64. The molecule has 0 saturated carbocycles. The van der Waals surface area contributed by atoms with E-state index in [1.54, 1.807) is 51.1 Å². The molecule has 0 spiro atoms. The zero-order chi connectivity index (χ0) is 17.3. The van der Waals surface area contributed by atoms with Gasteiger partial charge in [-0.1, -0.05) is 30.3 Å². The zero-order valence-corrected chi connectivity index (χ0v) is 14.6. The Hall–Kier alpha value is -1.49. The van der Waals surface area contributed by atoms with Crippen LogP contribution in [0.2, 0.25) is 0 Å². The van der Waals surface area contributed by atoms with E-state index in [9.17, 15) is 14.2 Å². The molecule has 0 radical (unpaired) electrons. The summed E-state index contributed by atoms with van der Waals surface area (Å²) in [4.78, 5) is 24.1. The standard InChI is InChI=1S/C16H23O6P/c1-4-20-15(18)16(12-13-17,14-10-8-7-9-11-14)23(19,21-5-2)22-6-3/h7-11,13H,4-6,12H2,1-3H3. The molecule has 0 aliphatic carbocycles. The molecule has 0 fully saturated rings. The topological polar surface area (TPSA) is 78.9 Å². The maximum atomic E-state index is 13.4. The highest BCUT2D eigenvalue weighted by molar-refractivity contribution is 7.56. The summed E-state index contributed by atoms with van der Waals surface area (Å²) in [6.07, 6.45) is 0.182. The number of ether oxygens (including phenoxy) is 1. The molecular weight excluding hydrogens is 319 g/mol. The molecule has 0 aliphatic heterocycles. The summed E-state index contributed by atoms with van der Waals surface area (Å²) in [5.74, 6) is -0.788. The number of hydrogen-bond acceptors (Lipinski definition) is 6. The number of benzene rings is 1. The molecule has 0 bridgehead atoms. The van der Waals surface area contributed by atoms with Crippen LogP contribution in [-0.2, 0) is 33.1 Å². The molecule has 6 nitrogen and oxygen atoms in total. The molecule has 7 heteroatoms. The average molecular weight is 342 g/mol. The summed E-state index contributed by atoms with van der Waals surface area (Å²) in [6.45, 7) is 5.17. The van der Waals surface area contributed by atoms with Crippen molar-refractivity contribution < 1.29 is 27.9 Å². The minimum Gasteiger partial charge on any atom is -0.465 e. The van der Waals surface area contributed by atoms with E-state index in [0.29, 0.717) is 11.8 Å². The highest BCUT2D eigenvalue weighted by atomic mass is 31.2. The van der Waals surface area contributed by atoms with Gasteiger partial charge in [0.1, 0.15) is 6.29 Å². The molecule has 1 atom stereocenters. The van der Waals surface area contributed by atoms with Crippen molar-refractivity contribution in [3.8, 4) is 0 Å². The van der Waals surface area contributed by atoms with Crippen molar-refractivity contribution in [2.45, 2.75) is 32.3 Å². The van der Waals surface area contributed by atoms with Crippen LogP contribution in [0.3, 0.4) is 0 Å². The van der Waals surface area contributed by atoms with Gasteiger partial charge in [-0.05, 0) is 26.3 Å². The quantitative estimate of drug-likeness (QED) is 0.369. The second-order valence-corrected chi connectivity index (χ2v) is 6.93. The van der Waals surface area contributed by atoms with E-state index in [2.05, 4.69) is 0 Å². The summed E-state index contributed by atoms with van der Waals surface area (Å²) in [5, 5.41) is -1.81. The zero-order valence-electron chi connectivity index (χ0n) is 13.7. The number of carbonyl (C=O) groups excluding carboxylic acids is 2. The molecular formula is C16H23O6P. The highest BCUT2D eigenvalue weighted by Crippen LogP contribution is 2.66. The maximum absolute atomic E-state index is 13.4. The fourth-order valence-corrected chi connectivity index (χ4v) is 4.63. The van der Waals surface area contributed by atoms with Crippen molar-refractivity contribution in [1.82, 2.24) is 0 Å². The second-order valence-electron chi connectivity index (χ2n) is 4.65. The van der Waals surface area contributed by atoms with Crippen molar-refractivity contribution in [2.24, 2.45) is 0 Å². The Morgan fingerprint density at radius 3 is 2.09 bits per heavy atom. The molecule has 0 saturated heterocycles. The van der Waals surface area contributed by atoms with Crippen molar-refractivity contribution >= 4 is 19.9 Å². The van der Waals surface area contributed by atoms with Gasteiger partial charge in [0, 0.05) is 6.42 Å². The van der Waals surface area contributed by atoms with Crippen LogP contribution in [-0.4, -0.2) is 32.1 Å². The third-order valence-electron chi connectivity index (χ3n) is 3.31. The smallest absolute Gasteiger partial charge is 0.352 e. The predicted octanol–water partition coefficient (Wildman–Crippen LogP) is 3.30. The van der Waals surface area contributed by atoms with Gasteiger partial charge in [-0.25, -0.2) is 0 Å². The Labute approximate surface area is 136 Å². The summed E-state index contributed by atoms with van der Waals surface area (Å²) in [6, 6.07) is 8.37. The lowest BCUT2D eigenvalue weighted by molar-refractivity contribution is -0.148. The summed E-state index contributed by atoms with van der Waals surface area (Å²) in [5.41, 5.74) is 0.371. The van der Waals surface area contributed by atoms with Crippen LogP contribution in [0.4, 0.5) is 0 Å². The average Bonchev–Trinajstić information content (AvgIpc) is 2.54. The molecule has 1 aromatic rings. The van der Waals surface area contributed by atoms with Crippen LogP contribution in [0.1, 0.15) is 32.8 Å². The Kier molecular flexibility index (Phi) is 7.62. The summed E-state index contributed by atoms with van der Waals surface area (Å²) >= 11 is 0. The van der Waals surface area contributed by atoms with Crippen molar-refractivity contribution in [2.75, 3.05) is 19.8 Å². The first-order valence-electron chi connectivity index (χ1n) is 7.58. The third-order valence-corrected chi connectivity index (χ3v) is 6.06. The third kappa shape index (κ3) is 3.89. The molecule has 1 unspecified atom stereocenters. The molecule has 128 valence electrons. The van der Waals surface area contributed by atoms with Crippen molar-refractivity contribution in [3.05, 3.63) is 35.9 Å². The first kappa shape index (κ1) is 19.6. The second kappa shape index (κ2) is 8.96. The molecule has 1 rings (SSSR count). The Morgan fingerprint density at radius 1 is 1.09 bits per heavy atom. The predicted molar refractivity (Wildman–Crippen MR) is 86.3 cm³/mol. The van der Waals surface area contributed by atoms with E-state index in [1.165, 1.54) is 0 Å². The van der Waals surface area contributed by atoms with Gasteiger partial charge in [-0.2, -0.15) is 0 Å². The van der Waals surface area contributed by atoms with Gasteiger partial charge >= 0.3 is 13.6 Å². The molecule has 0 amide bonds. The number of aldehydes is 1. The van der Waals surface area contributed by atoms with Crippen LogP contribution in [0, 0.1) is 0 Å². The fraction of sp³-hybridized carbons (Fsp3) is 0.500. The Bertz CT molecular complexity index is 549. The van der Waals surface area contributed by atoms with Gasteiger partial charge in [0.25, 0.3) is 0 Å². The van der Waals surface area contributed by atoms with Gasteiger partial charge in [-0.3, -0.25) is 9.36 Å². The highest BCUT2D eigenvalue weighted by Gasteiger charge is 2.59. The van der Waals surface area contributed by atoms with Crippen LogP contribution in [0.5, 0.6) is 0 Å². The SMILES string of the molecule is CCOC(=O)C(CC=O)(c1ccccc1)P(=O)(OCC)OCC. The van der Waals surface area contributed by atoms with Crippen molar-refractivity contribution in [3.63, 3.8) is 0 Å². The monoisotopic (exact) mass is 342 g/mol. The molecule has 0 heterocycles. The molecule has 0 aliphatic rings. The number of carbonyl (C=O) groups is 2. The normalized spacial score (nSPS) is 14.0. The van der Waals surface area contributed by atoms with E-state index in [4.69, 9.17) is 13.8 Å². The van der Waals surface area contributed by atoms with Crippen LogP contribution < -0.4 is 0 Å². The van der Waals surface area contributed by atoms with E-state index >= 15 is 0 Å². The van der Waals surface area contributed by atoms with Crippen molar-refractivity contribution in [1.29, 1.82) is 0 Å². The van der Waals surface area contributed by atoms with E-state index < -0.39 is 18.7 Å². The van der Waals surface area contributed by atoms with Gasteiger partial charge in [-0.15, -0.1) is 0 Å². The fourth-order valence-electron chi connectivity index (χ4n) is 2.38. The van der Waals surface area contributed by atoms with Gasteiger partial charge in [0.05, 0.1) is 19.8 Å². The molecule has 0 N–H and O–H groups in total. The number of hydrogen-bond donors (Lipinski definition) is 0. The number of rotatable bonds is 10.